The predicted octanol–water partition coefficient (Wildman–Crippen LogP) is 3.29. The van der Waals surface area contributed by atoms with E-state index in [0.29, 0.717) is 6.42 Å². The molecule has 8 nitrogen and oxygen atoms in total. The van der Waals surface area contributed by atoms with Crippen molar-refractivity contribution in [1.82, 2.24) is 0 Å². The summed E-state index contributed by atoms with van der Waals surface area (Å²) < 4.78 is 15.3. The van der Waals surface area contributed by atoms with Crippen molar-refractivity contribution in [1.29, 1.82) is 0 Å². The minimum Gasteiger partial charge on any atom is -0.469 e. The van der Waals surface area contributed by atoms with Crippen LogP contribution in [0, 0.1) is 0 Å². The Balaban J connectivity index is 3.08. The van der Waals surface area contributed by atoms with Gasteiger partial charge >= 0.3 is 17.9 Å². The first-order valence-corrected chi connectivity index (χ1v) is 11.0. The number of aliphatic hydroxyl groups is 1. The van der Waals surface area contributed by atoms with Crippen LogP contribution in [0.4, 0.5) is 0 Å². The second kappa shape index (κ2) is 14.2. The first kappa shape index (κ1) is 28.0. The number of ether oxygens (including phenoxy) is 3. The van der Waals surface area contributed by atoms with Gasteiger partial charge in [-0.25, -0.2) is 0 Å². The van der Waals surface area contributed by atoms with Crippen molar-refractivity contribution in [2.24, 2.45) is 0 Å². The number of allylic oxidation sites excluding steroid dienone is 3. The maximum absolute atomic E-state index is 12.5. The van der Waals surface area contributed by atoms with Gasteiger partial charge in [0.1, 0.15) is 6.10 Å². The lowest BCUT2D eigenvalue weighted by molar-refractivity contribution is -0.149. The molecule has 0 saturated carbocycles. The fraction of sp³-hybridized carbons (Fsp3) is 0.520. The van der Waals surface area contributed by atoms with Gasteiger partial charge in [-0.1, -0.05) is 44.1 Å². The third kappa shape index (κ3) is 9.99. The molecule has 0 aromatic heterocycles. The number of aliphatic hydroxyl groups excluding tert-OH is 1. The van der Waals surface area contributed by atoms with Gasteiger partial charge in [-0.3, -0.25) is 19.2 Å². The number of ketones is 1. The Hall–Kier alpha value is -3.00. The van der Waals surface area contributed by atoms with E-state index in [1.54, 1.807) is 18.2 Å². The molecule has 0 radical (unpaired) electrons. The number of esters is 3. The normalized spacial score (nSPS) is 21.0. The van der Waals surface area contributed by atoms with E-state index in [1.807, 2.05) is 6.92 Å². The van der Waals surface area contributed by atoms with Crippen molar-refractivity contribution in [3.8, 4) is 0 Å². The molecule has 0 aliphatic heterocycles. The second-order valence-corrected chi connectivity index (χ2v) is 7.75. The molecule has 0 unspecified atom stereocenters. The molecule has 0 aromatic carbocycles. The fourth-order valence-corrected chi connectivity index (χ4v) is 3.34. The van der Waals surface area contributed by atoms with E-state index in [9.17, 15) is 24.3 Å². The van der Waals surface area contributed by atoms with Gasteiger partial charge in [0.2, 0.25) is 0 Å². The zero-order chi connectivity index (χ0) is 24.9. The van der Waals surface area contributed by atoms with Crippen molar-refractivity contribution in [2.45, 2.75) is 77.1 Å². The lowest BCUT2D eigenvalue weighted by atomic mass is 9.91. The van der Waals surface area contributed by atoms with Crippen LogP contribution in [0.5, 0.6) is 0 Å². The van der Waals surface area contributed by atoms with Gasteiger partial charge in [0.25, 0.3) is 0 Å². The van der Waals surface area contributed by atoms with Gasteiger partial charge in [0.15, 0.2) is 11.4 Å². The standard InChI is InChI=1S/C25H34O8/c1-5-6-9-20(28)10-8-16-25(33-19(3)27)17-15-23(29)22(25)12-7-11-21(32-18(2)26)13-14-24(30)31-4/h7-8,10-12,15,17,20-21,28H,5-6,9,13-14,16H2,1-4H3/b10-8-,11-7+,22-12?/t20-,21+,25+/m1/s1. The Morgan fingerprint density at radius 3 is 2.48 bits per heavy atom. The first-order valence-electron chi connectivity index (χ1n) is 11.0. The fourth-order valence-electron chi connectivity index (χ4n) is 3.34. The molecule has 0 aromatic rings. The van der Waals surface area contributed by atoms with Crippen LogP contribution in [-0.4, -0.2) is 53.7 Å². The maximum atomic E-state index is 12.5. The topological polar surface area (TPSA) is 116 Å². The lowest BCUT2D eigenvalue weighted by Gasteiger charge is -2.27. The van der Waals surface area contributed by atoms with Gasteiger partial charge in [-0.15, -0.1) is 0 Å². The van der Waals surface area contributed by atoms with Crippen molar-refractivity contribution < 1.29 is 38.5 Å². The Bertz CT molecular complexity index is 820. The van der Waals surface area contributed by atoms with Crippen LogP contribution in [-0.2, 0) is 33.4 Å². The molecular weight excluding hydrogens is 428 g/mol. The Kier molecular flexibility index (Phi) is 12.1. The van der Waals surface area contributed by atoms with Crippen molar-refractivity contribution in [3.05, 3.63) is 48.1 Å². The molecule has 0 fully saturated rings. The Morgan fingerprint density at radius 2 is 1.88 bits per heavy atom. The van der Waals surface area contributed by atoms with Crippen LogP contribution in [0.3, 0.4) is 0 Å². The first-order chi connectivity index (χ1) is 15.6. The number of hydrogen-bond donors (Lipinski definition) is 1. The summed E-state index contributed by atoms with van der Waals surface area (Å²) in [5.41, 5.74) is -1.06. The molecule has 0 bridgehead atoms. The maximum Gasteiger partial charge on any atom is 0.305 e. The van der Waals surface area contributed by atoms with Crippen LogP contribution in [0.1, 0.15) is 59.3 Å². The van der Waals surface area contributed by atoms with Crippen molar-refractivity contribution in [2.75, 3.05) is 7.11 Å². The average molecular weight is 463 g/mol. The summed E-state index contributed by atoms with van der Waals surface area (Å²) in [6.45, 7) is 4.55. The number of hydrogen-bond acceptors (Lipinski definition) is 8. The minimum absolute atomic E-state index is 0.0540. The van der Waals surface area contributed by atoms with E-state index in [1.165, 1.54) is 45.3 Å². The zero-order valence-corrected chi connectivity index (χ0v) is 19.7. The van der Waals surface area contributed by atoms with E-state index < -0.39 is 35.7 Å². The lowest BCUT2D eigenvalue weighted by Crippen LogP contribution is -2.33. The highest BCUT2D eigenvalue weighted by atomic mass is 16.6. The number of rotatable bonds is 13. The number of carbonyl (C=O) groups is 4. The summed E-state index contributed by atoms with van der Waals surface area (Å²) in [5.74, 6) is -1.82. The molecule has 1 aliphatic rings. The highest BCUT2D eigenvalue weighted by Crippen LogP contribution is 2.34. The second-order valence-electron chi connectivity index (χ2n) is 7.75. The van der Waals surface area contributed by atoms with E-state index in [0.717, 1.165) is 12.8 Å². The molecule has 1 rings (SSSR count). The van der Waals surface area contributed by atoms with Gasteiger partial charge in [-0.2, -0.15) is 0 Å². The monoisotopic (exact) mass is 462 g/mol. The third-order valence-electron chi connectivity index (χ3n) is 4.95. The molecule has 182 valence electrons. The largest absolute Gasteiger partial charge is 0.469 e. The van der Waals surface area contributed by atoms with E-state index >= 15 is 0 Å². The van der Waals surface area contributed by atoms with Crippen LogP contribution >= 0.6 is 0 Å². The molecule has 8 heteroatoms. The van der Waals surface area contributed by atoms with Gasteiger partial charge in [-0.05, 0) is 31.1 Å². The van der Waals surface area contributed by atoms with Crippen molar-refractivity contribution >= 4 is 23.7 Å². The predicted molar refractivity (Wildman–Crippen MR) is 122 cm³/mol. The summed E-state index contributed by atoms with van der Waals surface area (Å²) >= 11 is 0. The number of carbonyl (C=O) groups excluding carboxylic acids is 4. The average Bonchev–Trinajstić information content (AvgIpc) is 3.04. The summed E-state index contributed by atoms with van der Waals surface area (Å²) in [5, 5.41) is 10.0. The molecule has 0 saturated heterocycles. The highest BCUT2D eigenvalue weighted by Gasteiger charge is 2.41. The molecule has 0 heterocycles. The molecular formula is C25H34O8. The van der Waals surface area contributed by atoms with Crippen LogP contribution in [0.25, 0.3) is 0 Å². The van der Waals surface area contributed by atoms with Crippen molar-refractivity contribution in [3.63, 3.8) is 0 Å². The molecule has 3 atom stereocenters. The molecule has 1 N–H and O–H groups in total. The molecule has 1 aliphatic carbocycles. The van der Waals surface area contributed by atoms with Crippen LogP contribution < -0.4 is 0 Å². The number of methoxy groups -OCH3 is 1. The smallest absolute Gasteiger partial charge is 0.305 e. The van der Waals surface area contributed by atoms with E-state index in [2.05, 4.69) is 4.74 Å². The summed E-state index contributed by atoms with van der Waals surface area (Å²) in [4.78, 5) is 47.1. The van der Waals surface area contributed by atoms with Gasteiger partial charge in [0.05, 0.1) is 13.2 Å². The van der Waals surface area contributed by atoms with E-state index in [-0.39, 0.29) is 30.6 Å². The summed E-state index contributed by atoms with van der Waals surface area (Å²) in [6, 6.07) is 0. The SMILES string of the molecule is CCCC[C@@H](O)/C=C\C[C@]1(OC(C)=O)C=CC(=O)C1=C/C=C/[C@@H](CCC(=O)OC)OC(C)=O. The molecule has 33 heavy (non-hydrogen) atoms. The Labute approximate surface area is 195 Å². The van der Waals surface area contributed by atoms with Crippen LogP contribution in [0.15, 0.2) is 48.1 Å². The zero-order valence-electron chi connectivity index (χ0n) is 19.7. The van der Waals surface area contributed by atoms with Gasteiger partial charge < -0.3 is 19.3 Å². The summed E-state index contributed by atoms with van der Waals surface area (Å²) in [6.07, 6.45) is 12.4. The number of unbranched alkanes of at least 4 members (excludes halogenated alkanes) is 1. The van der Waals surface area contributed by atoms with Gasteiger partial charge in [0, 0.05) is 32.3 Å². The summed E-state index contributed by atoms with van der Waals surface area (Å²) in [7, 11) is 1.27. The van der Waals surface area contributed by atoms with E-state index in [4.69, 9.17) is 9.47 Å². The molecule has 0 amide bonds. The minimum atomic E-state index is -1.29. The third-order valence-corrected chi connectivity index (χ3v) is 4.95. The highest BCUT2D eigenvalue weighted by molar-refractivity contribution is 6.09. The van der Waals surface area contributed by atoms with Crippen LogP contribution in [0.2, 0.25) is 0 Å². The molecule has 0 spiro atoms. The quantitative estimate of drug-likeness (QED) is 0.192. The Morgan fingerprint density at radius 1 is 1.15 bits per heavy atom.